The first-order chi connectivity index (χ1) is 14.7. The predicted octanol–water partition coefficient (Wildman–Crippen LogP) is 7.18. The molecule has 2 heteroatoms. The van der Waals surface area contributed by atoms with Gasteiger partial charge in [0.05, 0.1) is 0 Å². The van der Waals surface area contributed by atoms with Crippen LogP contribution in [-0.4, -0.2) is 10.6 Å². The Hall–Kier alpha value is -3.26. The largest absolute Gasteiger partial charge is 0.508 e. The number of phenolic OH excluding ortho intramolecular Hbond substituents is 1. The van der Waals surface area contributed by atoms with Gasteiger partial charge in [0.1, 0.15) is 5.75 Å². The van der Waals surface area contributed by atoms with E-state index in [0.29, 0.717) is 5.75 Å². The molecule has 0 radical (unpaired) electrons. The molecule has 30 heavy (non-hydrogen) atoms. The van der Waals surface area contributed by atoms with Crippen LogP contribution in [-0.2, 0) is 6.42 Å². The Kier molecular flexibility index (Phi) is 4.92. The number of aromatic hydroxyl groups is 1. The molecule has 2 nitrogen and oxygen atoms in total. The minimum Gasteiger partial charge on any atom is -0.508 e. The molecule has 0 unspecified atom stereocenters. The van der Waals surface area contributed by atoms with Gasteiger partial charge in [-0.05, 0) is 89.9 Å². The maximum Gasteiger partial charge on any atom is 0.115 e. The minimum atomic E-state index is 0.252. The molecule has 0 aliphatic heterocycles. The van der Waals surface area contributed by atoms with Crippen molar-refractivity contribution < 1.29 is 5.11 Å². The summed E-state index contributed by atoms with van der Waals surface area (Å²) in [5, 5.41) is 15.7. The van der Waals surface area contributed by atoms with Crippen LogP contribution >= 0.6 is 0 Å². The molecule has 0 amide bonds. The summed E-state index contributed by atoms with van der Waals surface area (Å²) in [6.45, 7) is 0. The van der Waals surface area contributed by atoms with Crippen LogP contribution in [0.5, 0.6) is 5.75 Å². The number of fused-ring (bicyclic) bond motifs is 1. The maximum atomic E-state index is 9.45. The Labute approximate surface area is 178 Å². The summed E-state index contributed by atoms with van der Waals surface area (Å²) in [5.74, 6) is 0.317. The topological polar surface area (TPSA) is 32.3 Å². The summed E-state index contributed by atoms with van der Waals surface area (Å²) >= 11 is 0. The Bertz CT molecular complexity index is 1140. The third kappa shape index (κ3) is 4.18. The first-order valence-corrected chi connectivity index (χ1v) is 10.8. The van der Waals surface area contributed by atoms with Crippen LogP contribution in [0.3, 0.4) is 0 Å². The van der Waals surface area contributed by atoms with Crippen LogP contribution in [0.2, 0.25) is 0 Å². The second-order valence-electron chi connectivity index (χ2n) is 8.56. The molecule has 1 saturated carbocycles. The molecular formula is C28H27NO. The summed E-state index contributed by atoms with van der Waals surface area (Å²) < 4.78 is 0. The molecule has 1 aliphatic rings. The maximum absolute atomic E-state index is 9.45. The Morgan fingerprint density at radius 1 is 0.733 bits per heavy atom. The fraction of sp³-hybridized carbons (Fsp3) is 0.214. The molecule has 5 rings (SSSR count). The van der Waals surface area contributed by atoms with Crippen molar-refractivity contribution in [3.05, 3.63) is 96.6 Å². The van der Waals surface area contributed by atoms with Crippen LogP contribution in [0, 0.1) is 0 Å². The van der Waals surface area contributed by atoms with Gasteiger partial charge in [0.25, 0.3) is 0 Å². The van der Waals surface area contributed by atoms with Crippen molar-refractivity contribution in [1.29, 1.82) is 0 Å². The van der Waals surface area contributed by atoms with Crippen molar-refractivity contribution in [2.24, 2.45) is 0 Å². The Morgan fingerprint density at radius 2 is 1.43 bits per heavy atom. The van der Waals surface area contributed by atoms with E-state index in [1.54, 1.807) is 12.1 Å². The Morgan fingerprint density at radius 3 is 2.17 bits per heavy atom. The standard InChI is InChI=1S/C28H27NO/c30-27-15-13-26(14-16-27)29-28(18-19-28)17-3-4-21-7-9-23(10-8-21)25-12-11-22-5-1-2-6-24(22)20-25/h1-2,5-16,20,29-30H,3-4,17-19H2. The molecule has 0 aromatic heterocycles. The van der Waals surface area contributed by atoms with Crippen molar-refractivity contribution in [3.8, 4) is 16.9 Å². The van der Waals surface area contributed by atoms with E-state index < -0.39 is 0 Å². The zero-order valence-electron chi connectivity index (χ0n) is 17.1. The van der Waals surface area contributed by atoms with Crippen molar-refractivity contribution in [2.45, 2.75) is 37.6 Å². The first kappa shape index (κ1) is 18.7. The van der Waals surface area contributed by atoms with Gasteiger partial charge in [-0.3, -0.25) is 0 Å². The molecule has 4 aromatic carbocycles. The van der Waals surface area contributed by atoms with Gasteiger partial charge in [-0.2, -0.15) is 0 Å². The lowest BCUT2D eigenvalue weighted by Crippen LogP contribution is -2.21. The fourth-order valence-corrected chi connectivity index (χ4v) is 4.30. The second kappa shape index (κ2) is 7.87. The number of benzene rings is 4. The highest BCUT2D eigenvalue weighted by atomic mass is 16.3. The number of phenols is 1. The van der Waals surface area contributed by atoms with Gasteiger partial charge in [0.2, 0.25) is 0 Å². The highest BCUT2D eigenvalue weighted by Crippen LogP contribution is 2.43. The molecule has 150 valence electrons. The molecule has 2 N–H and O–H groups in total. The van der Waals surface area contributed by atoms with E-state index in [0.717, 1.165) is 12.1 Å². The molecule has 1 fully saturated rings. The summed E-state index contributed by atoms with van der Waals surface area (Å²) in [5.41, 5.74) is 5.31. The van der Waals surface area contributed by atoms with E-state index in [2.05, 4.69) is 72.0 Å². The molecule has 0 spiro atoms. The van der Waals surface area contributed by atoms with E-state index in [1.165, 1.54) is 53.1 Å². The fourth-order valence-electron chi connectivity index (χ4n) is 4.30. The summed E-state index contributed by atoms with van der Waals surface area (Å²) in [7, 11) is 0. The lowest BCUT2D eigenvalue weighted by atomic mass is 9.98. The van der Waals surface area contributed by atoms with Gasteiger partial charge in [-0.1, -0.05) is 60.7 Å². The lowest BCUT2D eigenvalue weighted by molar-refractivity contribution is 0.475. The number of nitrogens with one attached hydrogen (secondary N) is 1. The van der Waals surface area contributed by atoms with Crippen LogP contribution < -0.4 is 5.32 Å². The summed E-state index contributed by atoms with van der Waals surface area (Å²) in [6.07, 6.45) is 5.93. The smallest absolute Gasteiger partial charge is 0.115 e. The van der Waals surface area contributed by atoms with Gasteiger partial charge >= 0.3 is 0 Å². The average molecular weight is 394 g/mol. The third-order valence-electron chi connectivity index (χ3n) is 6.29. The molecule has 0 heterocycles. The number of anilines is 1. The van der Waals surface area contributed by atoms with Gasteiger partial charge in [-0.25, -0.2) is 0 Å². The highest BCUT2D eigenvalue weighted by Gasteiger charge is 2.41. The number of hydrogen-bond acceptors (Lipinski definition) is 2. The van der Waals surface area contributed by atoms with Crippen LogP contribution in [0.4, 0.5) is 5.69 Å². The predicted molar refractivity (Wildman–Crippen MR) is 126 cm³/mol. The van der Waals surface area contributed by atoms with E-state index >= 15 is 0 Å². The van der Waals surface area contributed by atoms with E-state index in [9.17, 15) is 5.11 Å². The average Bonchev–Trinajstić information content (AvgIpc) is 3.55. The molecular weight excluding hydrogens is 366 g/mol. The minimum absolute atomic E-state index is 0.252. The number of hydrogen-bond donors (Lipinski definition) is 2. The molecule has 0 bridgehead atoms. The zero-order valence-corrected chi connectivity index (χ0v) is 17.1. The number of rotatable bonds is 7. The lowest BCUT2D eigenvalue weighted by Gasteiger charge is -2.19. The first-order valence-electron chi connectivity index (χ1n) is 10.8. The van der Waals surface area contributed by atoms with Crippen LogP contribution in [0.1, 0.15) is 31.2 Å². The van der Waals surface area contributed by atoms with Crippen molar-refractivity contribution in [1.82, 2.24) is 0 Å². The molecule has 4 aromatic rings. The van der Waals surface area contributed by atoms with Crippen molar-refractivity contribution >= 4 is 16.5 Å². The monoisotopic (exact) mass is 393 g/mol. The SMILES string of the molecule is Oc1ccc(NC2(CCCc3ccc(-c4ccc5ccccc5c4)cc3)CC2)cc1. The normalized spacial score (nSPS) is 14.5. The quantitative estimate of drug-likeness (QED) is 0.326. The second-order valence-corrected chi connectivity index (χ2v) is 8.56. The van der Waals surface area contributed by atoms with Gasteiger partial charge in [0.15, 0.2) is 0 Å². The molecule has 0 atom stereocenters. The van der Waals surface area contributed by atoms with Crippen LogP contribution in [0.25, 0.3) is 21.9 Å². The Balaban J connectivity index is 1.18. The third-order valence-corrected chi connectivity index (χ3v) is 6.29. The summed E-state index contributed by atoms with van der Waals surface area (Å²) in [6, 6.07) is 31.7. The van der Waals surface area contributed by atoms with Gasteiger partial charge in [-0.15, -0.1) is 0 Å². The van der Waals surface area contributed by atoms with E-state index in [-0.39, 0.29) is 5.54 Å². The molecule has 1 aliphatic carbocycles. The van der Waals surface area contributed by atoms with E-state index in [1.807, 2.05) is 12.1 Å². The van der Waals surface area contributed by atoms with Crippen LogP contribution in [0.15, 0.2) is 91.0 Å². The summed E-state index contributed by atoms with van der Waals surface area (Å²) in [4.78, 5) is 0. The van der Waals surface area contributed by atoms with Crippen molar-refractivity contribution in [2.75, 3.05) is 5.32 Å². The van der Waals surface area contributed by atoms with Gasteiger partial charge in [0, 0.05) is 11.2 Å². The highest BCUT2D eigenvalue weighted by molar-refractivity contribution is 5.87. The molecule has 0 saturated heterocycles. The van der Waals surface area contributed by atoms with Gasteiger partial charge < -0.3 is 10.4 Å². The van der Waals surface area contributed by atoms with Crippen molar-refractivity contribution in [3.63, 3.8) is 0 Å². The van der Waals surface area contributed by atoms with E-state index in [4.69, 9.17) is 0 Å². The zero-order chi connectivity index (χ0) is 20.4. The number of aryl methyl sites for hydroxylation is 1.